The lowest BCUT2D eigenvalue weighted by molar-refractivity contribution is 0.102. The highest BCUT2D eigenvalue weighted by molar-refractivity contribution is 7.20. The summed E-state index contributed by atoms with van der Waals surface area (Å²) in [6.45, 7) is 1.52. The van der Waals surface area contributed by atoms with E-state index in [1.54, 1.807) is 13.1 Å². The fraction of sp³-hybridized carbons (Fsp3) is 0.250. The standard InChI is InChI=1S/C8H8N2O2S/c1-4(11)6-3-5-7(13-6)10(2)8(12)9-5/h3H,1-2H3,(H,9,12). The summed E-state index contributed by atoms with van der Waals surface area (Å²) in [6, 6.07) is 1.71. The highest BCUT2D eigenvalue weighted by Crippen LogP contribution is 2.22. The molecule has 0 atom stereocenters. The summed E-state index contributed by atoms with van der Waals surface area (Å²) in [4.78, 5) is 26.3. The number of ketones is 1. The summed E-state index contributed by atoms with van der Waals surface area (Å²) < 4.78 is 1.51. The maximum atomic E-state index is 11.1. The Hall–Kier alpha value is -1.36. The van der Waals surface area contributed by atoms with Crippen LogP contribution in [0.4, 0.5) is 0 Å². The van der Waals surface area contributed by atoms with E-state index in [2.05, 4.69) is 4.98 Å². The van der Waals surface area contributed by atoms with Crippen molar-refractivity contribution in [3.8, 4) is 0 Å². The summed E-state index contributed by atoms with van der Waals surface area (Å²) in [5, 5.41) is 0. The number of carbonyl (C=O) groups excluding carboxylic acids is 1. The van der Waals surface area contributed by atoms with Crippen LogP contribution in [0, 0.1) is 0 Å². The number of rotatable bonds is 1. The molecule has 0 fully saturated rings. The summed E-state index contributed by atoms with van der Waals surface area (Å²) in [6.07, 6.45) is 0. The van der Waals surface area contributed by atoms with Crippen molar-refractivity contribution in [1.29, 1.82) is 0 Å². The van der Waals surface area contributed by atoms with Crippen molar-refractivity contribution in [2.24, 2.45) is 7.05 Å². The summed E-state index contributed by atoms with van der Waals surface area (Å²) in [5.74, 6) is 0.0297. The lowest BCUT2D eigenvalue weighted by Gasteiger charge is -1.86. The molecule has 0 aliphatic rings. The molecule has 0 aromatic carbocycles. The normalized spacial score (nSPS) is 10.9. The minimum Gasteiger partial charge on any atom is -0.305 e. The maximum absolute atomic E-state index is 11.1. The van der Waals surface area contributed by atoms with Gasteiger partial charge in [0.05, 0.1) is 10.4 Å². The molecule has 0 amide bonds. The zero-order valence-corrected chi connectivity index (χ0v) is 8.07. The number of H-pyrrole nitrogens is 1. The number of aromatic amines is 1. The first kappa shape index (κ1) is 8.25. The molecule has 5 heteroatoms. The van der Waals surface area contributed by atoms with Gasteiger partial charge in [-0.15, -0.1) is 11.3 Å². The van der Waals surface area contributed by atoms with Gasteiger partial charge in [-0.25, -0.2) is 4.79 Å². The molecule has 4 nitrogen and oxygen atoms in total. The third kappa shape index (κ3) is 1.12. The van der Waals surface area contributed by atoms with Crippen molar-refractivity contribution >= 4 is 27.5 Å². The predicted molar refractivity (Wildman–Crippen MR) is 51.4 cm³/mol. The third-order valence-corrected chi connectivity index (χ3v) is 3.22. The van der Waals surface area contributed by atoms with Crippen LogP contribution in [-0.4, -0.2) is 15.3 Å². The Morgan fingerprint density at radius 3 is 2.85 bits per heavy atom. The van der Waals surface area contributed by atoms with E-state index in [1.165, 1.54) is 22.8 Å². The fourth-order valence-corrected chi connectivity index (χ4v) is 2.15. The predicted octanol–water partition coefficient (Wildman–Crippen LogP) is 1.13. The van der Waals surface area contributed by atoms with Crippen LogP contribution in [0.3, 0.4) is 0 Å². The summed E-state index contributed by atoms with van der Waals surface area (Å²) in [7, 11) is 1.68. The third-order valence-electron chi connectivity index (χ3n) is 1.91. The second kappa shape index (κ2) is 2.56. The molecule has 0 bridgehead atoms. The Labute approximate surface area is 77.8 Å². The van der Waals surface area contributed by atoms with E-state index >= 15 is 0 Å². The first-order chi connectivity index (χ1) is 6.09. The number of hydrogen-bond donors (Lipinski definition) is 1. The number of fused-ring (bicyclic) bond motifs is 1. The zero-order valence-electron chi connectivity index (χ0n) is 7.25. The lowest BCUT2D eigenvalue weighted by Crippen LogP contribution is -2.11. The number of Topliss-reactive ketones (excluding diaryl/α,β-unsaturated/α-hetero) is 1. The molecule has 0 aliphatic heterocycles. The molecule has 2 aromatic rings. The van der Waals surface area contributed by atoms with Crippen LogP contribution < -0.4 is 5.69 Å². The average molecular weight is 196 g/mol. The second-order valence-corrected chi connectivity index (χ2v) is 3.91. The monoisotopic (exact) mass is 196 g/mol. The number of aryl methyl sites for hydroxylation is 1. The molecule has 2 rings (SSSR count). The molecule has 13 heavy (non-hydrogen) atoms. The van der Waals surface area contributed by atoms with E-state index in [4.69, 9.17) is 0 Å². The van der Waals surface area contributed by atoms with Gasteiger partial charge in [-0.2, -0.15) is 0 Å². The van der Waals surface area contributed by atoms with Crippen molar-refractivity contribution in [3.05, 3.63) is 21.4 Å². The molecule has 1 N–H and O–H groups in total. The maximum Gasteiger partial charge on any atom is 0.326 e. The summed E-state index contributed by atoms with van der Waals surface area (Å²) in [5.41, 5.74) is 0.596. The van der Waals surface area contributed by atoms with Crippen LogP contribution in [0.1, 0.15) is 16.6 Å². The van der Waals surface area contributed by atoms with Gasteiger partial charge in [0.2, 0.25) is 0 Å². The van der Waals surface area contributed by atoms with Crippen LogP contribution in [-0.2, 0) is 7.05 Å². The Morgan fingerprint density at radius 2 is 2.31 bits per heavy atom. The van der Waals surface area contributed by atoms with E-state index in [0.717, 1.165) is 10.3 Å². The molecule has 0 aliphatic carbocycles. The molecule has 2 aromatic heterocycles. The molecule has 68 valence electrons. The number of aromatic nitrogens is 2. The van der Waals surface area contributed by atoms with Crippen molar-refractivity contribution < 1.29 is 4.79 Å². The van der Waals surface area contributed by atoms with Crippen LogP contribution in [0.2, 0.25) is 0 Å². The zero-order chi connectivity index (χ0) is 9.59. The topological polar surface area (TPSA) is 54.9 Å². The molecule has 0 unspecified atom stereocenters. The van der Waals surface area contributed by atoms with Crippen molar-refractivity contribution in [1.82, 2.24) is 9.55 Å². The molecule has 0 saturated heterocycles. The number of hydrogen-bond acceptors (Lipinski definition) is 3. The Morgan fingerprint density at radius 1 is 1.62 bits per heavy atom. The van der Waals surface area contributed by atoms with Crippen LogP contribution in [0.25, 0.3) is 10.3 Å². The van der Waals surface area contributed by atoms with Crippen molar-refractivity contribution in [3.63, 3.8) is 0 Å². The van der Waals surface area contributed by atoms with Crippen molar-refractivity contribution in [2.45, 2.75) is 6.92 Å². The number of carbonyl (C=O) groups is 1. The van der Waals surface area contributed by atoms with E-state index in [0.29, 0.717) is 4.88 Å². The van der Waals surface area contributed by atoms with Gasteiger partial charge in [-0.3, -0.25) is 9.36 Å². The van der Waals surface area contributed by atoms with Gasteiger partial charge >= 0.3 is 5.69 Å². The first-order valence-electron chi connectivity index (χ1n) is 3.79. The molecule has 0 radical (unpaired) electrons. The molecular weight excluding hydrogens is 188 g/mol. The largest absolute Gasteiger partial charge is 0.326 e. The lowest BCUT2D eigenvalue weighted by atomic mass is 10.3. The fourth-order valence-electron chi connectivity index (χ4n) is 1.18. The van der Waals surface area contributed by atoms with Crippen LogP contribution in [0.15, 0.2) is 10.9 Å². The van der Waals surface area contributed by atoms with Gasteiger partial charge in [0, 0.05) is 7.05 Å². The highest BCUT2D eigenvalue weighted by atomic mass is 32.1. The quantitative estimate of drug-likeness (QED) is 0.695. The minimum absolute atomic E-state index is 0.0297. The van der Waals surface area contributed by atoms with Gasteiger partial charge in [0.15, 0.2) is 5.78 Å². The average Bonchev–Trinajstić information content (AvgIpc) is 2.55. The van der Waals surface area contributed by atoms with Gasteiger partial charge in [0.25, 0.3) is 0 Å². The Kier molecular flexibility index (Phi) is 1.63. The molecule has 0 saturated carbocycles. The number of nitrogens with zero attached hydrogens (tertiary/aromatic N) is 1. The Bertz CT molecular complexity index is 532. The van der Waals surface area contributed by atoms with Gasteiger partial charge in [-0.05, 0) is 13.0 Å². The van der Waals surface area contributed by atoms with Crippen LogP contribution >= 0.6 is 11.3 Å². The molecule has 2 heterocycles. The Balaban J connectivity index is 2.79. The SMILES string of the molecule is CC(=O)c1cc2[nH]c(=O)n(C)c2s1. The smallest absolute Gasteiger partial charge is 0.305 e. The van der Waals surface area contributed by atoms with Crippen molar-refractivity contribution in [2.75, 3.05) is 0 Å². The molecule has 0 spiro atoms. The van der Waals surface area contributed by atoms with Gasteiger partial charge < -0.3 is 4.98 Å². The summed E-state index contributed by atoms with van der Waals surface area (Å²) >= 11 is 1.33. The van der Waals surface area contributed by atoms with E-state index in [9.17, 15) is 9.59 Å². The van der Waals surface area contributed by atoms with Gasteiger partial charge in [-0.1, -0.05) is 0 Å². The van der Waals surface area contributed by atoms with E-state index in [-0.39, 0.29) is 11.5 Å². The second-order valence-electron chi connectivity index (χ2n) is 2.87. The number of thiophene rings is 1. The van der Waals surface area contributed by atoms with E-state index in [1.807, 2.05) is 0 Å². The minimum atomic E-state index is -0.142. The number of nitrogens with one attached hydrogen (secondary N) is 1. The highest BCUT2D eigenvalue weighted by Gasteiger charge is 2.10. The van der Waals surface area contributed by atoms with Crippen LogP contribution in [0.5, 0.6) is 0 Å². The molecular formula is C8H8N2O2S. The first-order valence-corrected chi connectivity index (χ1v) is 4.60. The number of imidazole rings is 1. The van der Waals surface area contributed by atoms with E-state index < -0.39 is 0 Å². The van der Waals surface area contributed by atoms with Gasteiger partial charge in [0.1, 0.15) is 4.83 Å².